The number of H-pyrrole nitrogens is 1. The van der Waals surface area contributed by atoms with Crippen molar-refractivity contribution >= 4 is 16.8 Å². The highest BCUT2D eigenvalue weighted by molar-refractivity contribution is 5.85. The maximum Gasteiger partial charge on any atom is 0.220 e. The van der Waals surface area contributed by atoms with Crippen LogP contribution in [0.2, 0.25) is 0 Å². The number of carbonyl (C=O) groups excluding carboxylic acids is 1. The summed E-state index contributed by atoms with van der Waals surface area (Å²) in [4.78, 5) is 21.0. The topological polar surface area (TPSA) is 51.4 Å². The molecule has 2 fully saturated rings. The van der Waals surface area contributed by atoms with Crippen molar-refractivity contribution in [2.45, 2.75) is 71.9 Å². The van der Waals surface area contributed by atoms with Crippen LogP contribution < -0.4 is 5.32 Å². The molecule has 0 unspecified atom stereocenters. The molecular formula is C26H40N4O. The zero-order valence-electron chi connectivity index (χ0n) is 19.7. The van der Waals surface area contributed by atoms with Gasteiger partial charge >= 0.3 is 0 Å². The number of likely N-dealkylation sites (tertiary alicyclic amines) is 2. The second-order valence-corrected chi connectivity index (χ2v) is 9.76. The third-order valence-corrected chi connectivity index (χ3v) is 7.63. The lowest BCUT2D eigenvalue weighted by molar-refractivity contribution is -0.121. The molecule has 0 saturated carbocycles. The Labute approximate surface area is 187 Å². The van der Waals surface area contributed by atoms with Gasteiger partial charge in [-0.25, -0.2) is 0 Å². The third-order valence-electron chi connectivity index (χ3n) is 7.63. The number of nitrogens with one attached hydrogen (secondary N) is 2. The predicted octanol–water partition coefficient (Wildman–Crippen LogP) is 4.38. The van der Waals surface area contributed by atoms with Crippen LogP contribution in [0.15, 0.2) is 18.2 Å². The van der Waals surface area contributed by atoms with Crippen LogP contribution in [0.25, 0.3) is 10.9 Å². The highest BCUT2D eigenvalue weighted by Gasteiger charge is 2.24. The second kappa shape index (κ2) is 10.2. The van der Waals surface area contributed by atoms with E-state index in [1.807, 2.05) is 0 Å². The summed E-state index contributed by atoms with van der Waals surface area (Å²) in [5, 5.41) is 4.55. The Balaban J connectivity index is 1.18. The zero-order valence-corrected chi connectivity index (χ0v) is 19.7. The minimum atomic E-state index is 0.245. The fraction of sp³-hybridized carbons (Fsp3) is 0.654. The molecule has 0 spiro atoms. The molecule has 1 amide bonds. The van der Waals surface area contributed by atoms with Gasteiger partial charge in [-0.1, -0.05) is 18.6 Å². The Hall–Kier alpha value is -1.85. The number of aromatic amines is 1. The van der Waals surface area contributed by atoms with Crippen molar-refractivity contribution in [3.63, 3.8) is 0 Å². The van der Waals surface area contributed by atoms with Crippen molar-refractivity contribution < 1.29 is 4.79 Å². The first-order valence-electron chi connectivity index (χ1n) is 12.3. The molecule has 2 aliphatic heterocycles. The fourth-order valence-corrected chi connectivity index (χ4v) is 5.51. The Morgan fingerprint density at radius 1 is 1.16 bits per heavy atom. The molecule has 170 valence electrons. The van der Waals surface area contributed by atoms with Gasteiger partial charge in [-0.3, -0.25) is 14.6 Å². The van der Waals surface area contributed by atoms with Gasteiger partial charge in [-0.05, 0) is 95.7 Å². The molecule has 2 saturated heterocycles. The van der Waals surface area contributed by atoms with E-state index in [1.165, 1.54) is 60.0 Å². The summed E-state index contributed by atoms with van der Waals surface area (Å²) in [5.74, 6) is 0.932. The number of fused-ring (bicyclic) bond motifs is 1. The summed E-state index contributed by atoms with van der Waals surface area (Å²) in [7, 11) is 0. The molecule has 1 aromatic carbocycles. The number of nitrogens with zero attached hydrogens (tertiary/aromatic N) is 2. The minimum absolute atomic E-state index is 0.245. The predicted molar refractivity (Wildman–Crippen MR) is 128 cm³/mol. The number of aromatic nitrogens is 1. The van der Waals surface area contributed by atoms with E-state index in [-0.39, 0.29) is 5.91 Å². The maximum absolute atomic E-state index is 12.3. The standard InChI is InChI=1S/C26H40N4O/c1-4-30-13-5-6-22(30)17-27-26(31)10-8-21-11-14-29(15-12-21)18-25-20(3)23-16-19(2)7-9-24(23)28-25/h7,9,16,21-22,28H,4-6,8,10-15,17-18H2,1-3H3,(H,27,31)/t22-/m0/s1. The molecule has 3 heterocycles. The Bertz CT molecular complexity index is 881. The van der Waals surface area contributed by atoms with Crippen molar-refractivity contribution in [2.24, 2.45) is 5.92 Å². The number of likely N-dealkylation sites (N-methyl/N-ethyl adjacent to an activating group) is 1. The summed E-state index contributed by atoms with van der Waals surface area (Å²) >= 11 is 0. The lowest BCUT2D eigenvalue weighted by Gasteiger charge is -2.31. The molecule has 1 aromatic heterocycles. The molecule has 2 aromatic rings. The average molecular weight is 425 g/mol. The summed E-state index contributed by atoms with van der Waals surface area (Å²) < 4.78 is 0. The van der Waals surface area contributed by atoms with Gasteiger partial charge in [-0.15, -0.1) is 0 Å². The molecule has 2 aliphatic rings. The molecule has 5 nitrogen and oxygen atoms in total. The van der Waals surface area contributed by atoms with E-state index in [1.54, 1.807) is 0 Å². The molecule has 1 atom stereocenters. The first-order chi connectivity index (χ1) is 15.0. The monoisotopic (exact) mass is 424 g/mol. The smallest absolute Gasteiger partial charge is 0.220 e. The second-order valence-electron chi connectivity index (χ2n) is 9.76. The number of hydrogen-bond donors (Lipinski definition) is 2. The molecule has 31 heavy (non-hydrogen) atoms. The lowest BCUT2D eigenvalue weighted by Crippen LogP contribution is -2.40. The van der Waals surface area contributed by atoms with Crippen LogP contribution in [0.5, 0.6) is 0 Å². The van der Waals surface area contributed by atoms with Gasteiger partial charge in [0.1, 0.15) is 0 Å². The highest BCUT2D eigenvalue weighted by atomic mass is 16.1. The summed E-state index contributed by atoms with van der Waals surface area (Å²) in [6.07, 6.45) is 6.62. The summed E-state index contributed by atoms with van der Waals surface area (Å²) in [6.45, 7) is 13.0. The number of rotatable bonds is 8. The van der Waals surface area contributed by atoms with Crippen molar-refractivity contribution in [3.05, 3.63) is 35.0 Å². The molecule has 2 N–H and O–H groups in total. The van der Waals surface area contributed by atoms with Gasteiger partial charge < -0.3 is 10.3 Å². The van der Waals surface area contributed by atoms with Crippen molar-refractivity contribution in [1.82, 2.24) is 20.1 Å². The highest BCUT2D eigenvalue weighted by Crippen LogP contribution is 2.27. The average Bonchev–Trinajstić information content (AvgIpc) is 3.36. The van der Waals surface area contributed by atoms with E-state index >= 15 is 0 Å². The largest absolute Gasteiger partial charge is 0.357 e. The van der Waals surface area contributed by atoms with E-state index < -0.39 is 0 Å². The lowest BCUT2D eigenvalue weighted by atomic mass is 9.92. The van der Waals surface area contributed by atoms with Gasteiger partial charge in [0.15, 0.2) is 0 Å². The van der Waals surface area contributed by atoms with Crippen LogP contribution in [0, 0.1) is 19.8 Å². The molecule has 0 bridgehead atoms. The molecule has 0 aliphatic carbocycles. The van der Waals surface area contributed by atoms with Crippen LogP contribution in [0.4, 0.5) is 0 Å². The van der Waals surface area contributed by atoms with E-state index in [0.29, 0.717) is 18.4 Å². The number of carbonyl (C=O) groups is 1. The number of benzene rings is 1. The van der Waals surface area contributed by atoms with Gasteiger partial charge in [-0.2, -0.15) is 0 Å². The van der Waals surface area contributed by atoms with E-state index in [4.69, 9.17) is 0 Å². The van der Waals surface area contributed by atoms with Crippen LogP contribution in [0.1, 0.15) is 62.3 Å². The fourth-order valence-electron chi connectivity index (χ4n) is 5.51. The van der Waals surface area contributed by atoms with Crippen molar-refractivity contribution in [2.75, 3.05) is 32.7 Å². The van der Waals surface area contributed by atoms with E-state index in [2.05, 4.69) is 59.1 Å². The molecular weight excluding hydrogens is 384 g/mol. The van der Waals surface area contributed by atoms with Gasteiger partial charge in [0, 0.05) is 42.1 Å². The van der Waals surface area contributed by atoms with Gasteiger partial charge in [0.05, 0.1) is 0 Å². The van der Waals surface area contributed by atoms with E-state index in [0.717, 1.165) is 39.1 Å². The zero-order chi connectivity index (χ0) is 21.8. The summed E-state index contributed by atoms with van der Waals surface area (Å²) in [6, 6.07) is 7.21. The van der Waals surface area contributed by atoms with Gasteiger partial charge in [0.25, 0.3) is 0 Å². The number of amides is 1. The first-order valence-corrected chi connectivity index (χ1v) is 12.3. The van der Waals surface area contributed by atoms with Crippen LogP contribution in [-0.4, -0.2) is 59.5 Å². The number of piperidine rings is 1. The molecule has 0 radical (unpaired) electrons. The van der Waals surface area contributed by atoms with Crippen LogP contribution in [-0.2, 0) is 11.3 Å². The number of hydrogen-bond acceptors (Lipinski definition) is 3. The Kier molecular flexibility index (Phi) is 7.34. The quantitative estimate of drug-likeness (QED) is 0.661. The third kappa shape index (κ3) is 5.50. The minimum Gasteiger partial charge on any atom is -0.357 e. The van der Waals surface area contributed by atoms with Gasteiger partial charge in [0.2, 0.25) is 5.91 Å². The SMILES string of the molecule is CCN1CCC[C@H]1CNC(=O)CCC1CCN(Cc2[nH]c3ccc(C)cc3c2C)CC1. The summed E-state index contributed by atoms with van der Waals surface area (Å²) in [5.41, 5.74) is 5.31. The molecule has 4 rings (SSSR count). The van der Waals surface area contributed by atoms with E-state index in [9.17, 15) is 4.79 Å². The normalized spacial score (nSPS) is 21.2. The maximum atomic E-state index is 12.3. The Morgan fingerprint density at radius 2 is 1.97 bits per heavy atom. The van der Waals surface area contributed by atoms with Crippen molar-refractivity contribution in [1.29, 1.82) is 0 Å². The van der Waals surface area contributed by atoms with Crippen LogP contribution >= 0.6 is 0 Å². The first kappa shape index (κ1) is 22.3. The van der Waals surface area contributed by atoms with Crippen LogP contribution in [0.3, 0.4) is 0 Å². The Morgan fingerprint density at radius 3 is 2.74 bits per heavy atom. The van der Waals surface area contributed by atoms with Crippen molar-refractivity contribution in [3.8, 4) is 0 Å². The molecule has 5 heteroatoms. The number of aryl methyl sites for hydroxylation is 2.